The Balaban J connectivity index is 2.23. The summed E-state index contributed by atoms with van der Waals surface area (Å²) in [6, 6.07) is 7.02. The van der Waals surface area contributed by atoms with Crippen molar-refractivity contribution in [2.45, 2.75) is 25.5 Å². The van der Waals surface area contributed by atoms with Crippen LogP contribution >= 0.6 is 0 Å². The van der Waals surface area contributed by atoms with Gasteiger partial charge in [0, 0.05) is 13.1 Å². The molecule has 1 N–H and O–H groups in total. The number of likely N-dealkylation sites (N-methyl/N-ethyl adjacent to an activating group) is 1. The quantitative estimate of drug-likeness (QED) is 0.884. The second kappa shape index (κ2) is 6.98. The Labute approximate surface area is 114 Å². The van der Waals surface area contributed by atoms with Crippen LogP contribution in [0.4, 0.5) is 4.39 Å². The second-order valence-corrected chi connectivity index (χ2v) is 5.00. The van der Waals surface area contributed by atoms with Crippen LogP contribution in [0.5, 0.6) is 0 Å². The maximum atomic E-state index is 13.1. The van der Waals surface area contributed by atoms with Gasteiger partial charge in [-0.05, 0) is 37.7 Å². The molecule has 0 radical (unpaired) electrons. The van der Waals surface area contributed by atoms with E-state index in [9.17, 15) is 4.39 Å². The van der Waals surface area contributed by atoms with Gasteiger partial charge >= 0.3 is 0 Å². The highest BCUT2D eigenvalue weighted by molar-refractivity contribution is 5.22. The summed E-state index contributed by atoms with van der Waals surface area (Å²) < 4.78 is 19.0. The van der Waals surface area contributed by atoms with Crippen molar-refractivity contribution in [1.29, 1.82) is 0 Å². The van der Waals surface area contributed by atoms with Crippen molar-refractivity contribution in [3.05, 3.63) is 35.6 Å². The van der Waals surface area contributed by atoms with Crippen molar-refractivity contribution in [2.24, 2.45) is 0 Å². The average molecular weight is 266 g/mol. The highest BCUT2D eigenvalue weighted by Crippen LogP contribution is 2.29. The first-order chi connectivity index (χ1) is 9.26. The van der Waals surface area contributed by atoms with Crippen LogP contribution in [-0.4, -0.2) is 44.3 Å². The number of rotatable bonds is 5. The van der Waals surface area contributed by atoms with Crippen LogP contribution < -0.4 is 5.32 Å². The molecule has 1 aromatic carbocycles. The predicted molar refractivity (Wildman–Crippen MR) is 74.7 cm³/mol. The normalized spacial score (nSPS) is 24.6. The van der Waals surface area contributed by atoms with Crippen molar-refractivity contribution >= 4 is 0 Å². The Bertz CT molecular complexity index is 364. The minimum absolute atomic E-state index is 0.121. The third-order valence-electron chi connectivity index (χ3n) is 3.58. The lowest BCUT2D eigenvalue weighted by Crippen LogP contribution is -2.48. The van der Waals surface area contributed by atoms with Gasteiger partial charge in [-0.2, -0.15) is 0 Å². The van der Waals surface area contributed by atoms with Gasteiger partial charge in [0.1, 0.15) is 5.82 Å². The zero-order valence-electron chi connectivity index (χ0n) is 11.7. The number of benzene rings is 1. The van der Waals surface area contributed by atoms with E-state index < -0.39 is 0 Å². The summed E-state index contributed by atoms with van der Waals surface area (Å²) in [5.74, 6) is -0.187. The zero-order chi connectivity index (χ0) is 13.7. The number of hydrogen-bond donors (Lipinski definition) is 1. The molecule has 1 saturated heterocycles. The largest absolute Gasteiger partial charge is 0.374 e. The summed E-state index contributed by atoms with van der Waals surface area (Å²) in [6.45, 7) is 5.75. The topological polar surface area (TPSA) is 24.5 Å². The smallest absolute Gasteiger partial charge is 0.123 e. The van der Waals surface area contributed by atoms with E-state index in [4.69, 9.17) is 4.74 Å². The SMILES string of the molecule is CCCN1CCOC(CNC)C1c1ccc(F)cc1. The average Bonchev–Trinajstić information content (AvgIpc) is 2.41. The van der Waals surface area contributed by atoms with Gasteiger partial charge in [0.2, 0.25) is 0 Å². The van der Waals surface area contributed by atoms with Gasteiger partial charge in [-0.25, -0.2) is 4.39 Å². The molecule has 2 unspecified atom stereocenters. The van der Waals surface area contributed by atoms with E-state index in [0.29, 0.717) is 0 Å². The third-order valence-corrected chi connectivity index (χ3v) is 3.58. The summed E-state index contributed by atoms with van der Waals surface area (Å²) in [7, 11) is 1.93. The molecule has 0 amide bonds. The molecule has 0 spiro atoms. The van der Waals surface area contributed by atoms with Gasteiger partial charge in [-0.1, -0.05) is 19.1 Å². The van der Waals surface area contributed by atoms with Crippen LogP contribution in [0.25, 0.3) is 0 Å². The summed E-state index contributed by atoms with van der Waals surface area (Å²) in [4.78, 5) is 2.44. The summed E-state index contributed by atoms with van der Waals surface area (Å²) in [6.07, 6.45) is 1.24. The van der Waals surface area contributed by atoms with E-state index >= 15 is 0 Å². The Morgan fingerprint density at radius 3 is 2.74 bits per heavy atom. The van der Waals surface area contributed by atoms with Gasteiger partial charge in [0.05, 0.1) is 18.8 Å². The van der Waals surface area contributed by atoms with Crippen LogP contribution in [0, 0.1) is 5.82 Å². The number of hydrogen-bond acceptors (Lipinski definition) is 3. The number of nitrogens with zero attached hydrogens (tertiary/aromatic N) is 1. The first-order valence-electron chi connectivity index (χ1n) is 7.02. The minimum Gasteiger partial charge on any atom is -0.374 e. The molecule has 2 rings (SSSR count). The first-order valence-corrected chi connectivity index (χ1v) is 7.02. The molecule has 1 fully saturated rings. The molecule has 1 aromatic rings. The fraction of sp³-hybridized carbons (Fsp3) is 0.600. The fourth-order valence-electron chi connectivity index (χ4n) is 2.78. The van der Waals surface area contributed by atoms with Crippen molar-refractivity contribution in [1.82, 2.24) is 10.2 Å². The van der Waals surface area contributed by atoms with E-state index in [2.05, 4.69) is 17.1 Å². The molecule has 0 aromatic heterocycles. The van der Waals surface area contributed by atoms with E-state index in [1.165, 1.54) is 12.1 Å². The van der Waals surface area contributed by atoms with Crippen LogP contribution in [0.15, 0.2) is 24.3 Å². The van der Waals surface area contributed by atoms with Gasteiger partial charge in [0.25, 0.3) is 0 Å². The second-order valence-electron chi connectivity index (χ2n) is 5.00. The summed E-state index contributed by atoms with van der Waals surface area (Å²) in [5.41, 5.74) is 1.13. The van der Waals surface area contributed by atoms with Gasteiger partial charge < -0.3 is 10.1 Å². The van der Waals surface area contributed by atoms with Crippen molar-refractivity contribution < 1.29 is 9.13 Å². The predicted octanol–water partition coefficient (Wildman–Crippen LogP) is 2.20. The maximum Gasteiger partial charge on any atom is 0.123 e. The standard InChI is InChI=1S/C15H23FN2O/c1-3-8-18-9-10-19-14(11-17-2)15(18)12-4-6-13(16)7-5-12/h4-7,14-15,17H,3,8-11H2,1-2H3. The van der Waals surface area contributed by atoms with E-state index in [1.807, 2.05) is 19.2 Å². The third kappa shape index (κ3) is 3.53. The van der Waals surface area contributed by atoms with Crippen LogP contribution in [0.2, 0.25) is 0 Å². The molecule has 1 aliphatic heterocycles. The van der Waals surface area contributed by atoms with Crippen molar-refractivity contribution in [3.63, 3.8) is 0 Å². The Kier molecular flexibility index (Phi) is 5.31. The molecule has 3 nitrogen and oxygen atoms in total. The lowest BCUT2D eigenvalue weighted by atomic mass is 9.97. The van der Waals surface area contributed by atoms with Gasteiger partial charge in [-0.3, -0.25) is 4.90 Å². The number of morpholine rings is 1. The number of halogens is 1. The maximum absolute atomic E-state index is 13.1. The van der Waals surface area contributed by atoms with Crippen molar-refractivity contribution in [2.75, 3.05) is 33.3 Å². The molecule has 0 bridgehead atoms. The molecular weight excluding hydrogens is 243 g/mol. The zero-order valence-corrected chi connectivity index (χ0v) is 11.7. The molecule has 106 valence electrons. The Morgan fingerprint density at radius 2 is 2.11 bits per heavy atom. The van der Waals surface area contributed by atoms with E-state index in [0.717, 1.165) is 38.2 Å². The molecule has 4 heteroatoms. The Morgan fingerprint density at radius 1 is 1.37 bits per heavy atom. The minimum atomic E-state index is -0.187. The molecule has 1 heterocycles. The number of ether oxygens (including phenoxy) is 1. The molecule has 1 aliphatic rings. The molecule has 19 heavy (non-hydrogen) atoms. The van der Waals surface area contributed by atoms with Gasteiger partial charge in [-0.15, -0.1) is 0 Å². The van der Waals surface area contributed by atoms with E-state index in [-0.39, 0.29) is 18.0 Å². The lowest BCUT2D eigenvalue weighted by Gasteiger charge is -2.41. The van der Waals surface area contributed by atoms with Crippen LogP contribution in [0.1, 0.15) is 24.9 Å². The molecule has 0 aliphatic carbocycles. The fourth-order valence-corrected chi connectivity index (χ4v) is 2.78. The first kappa shape index (κ1) is 14.4. The highest BCUT2D eigenvalue weighted by atomic mass is 19.1. The molecular formula is C15H23FN2O. The van der Waals surface area contributed by atoms with Gasteiger partial charge in [0.15, 0.2) is 0 Å². The lowest BCUT2D eigenvalue weighted by molar-refractivity contribution is -0.0704. The van der Waals surface area contributed by atoms with E-state index in [1.54, 1.807) is 0 Å². The van der Waals surface area contributed by atoms with Crippen LogP contribution in [-0.2, 0) is 4.74 Å². The molecule has 0 saturated carbocycles. The Hall–Kier alpha value is -0.970. The summed E-state index contributed by atoms with van der Waals surface area (Å²) in [5, 5.41) is 3.19. The monoisotopic (exact) mass is 266 g/mol. The van der Waals surface area contributed by atoms with Crippen molar-refractivity contribution in [3.8, 4) is 0 Å². The highest BCUT2D eigenvalue weighted by Gasteiger charge is 2.32. The van der Waals surface area contributed by atoms with Crippen LogP contribution in [0.3, 0.4) is 0 Å². The summed E-state index contributed by atoms with van der Waals surface area (Å²) >= 11 is 0. The molecule has 2 atom stereocenters. The number of nitrogens with one attached hydrogen (secondary N) is 1.